The Balaban J connectivity index is 1.81. The number of rotatable bonds is 6. The van der Waals surface area contributed by atoms with E-state index in [4.69, 9.17) is 23.2 Å². The Morgan fingerprint density at radius 2 is 1.75 bits per heavy atom. The number of halogens is 2. The molecule has 0 aliphatic carbocycles. The second-order valence-electron chi connectivity index (χ2n) is 5.29. The lowest BCUT2D eigenvalue weighted by molar-refractivity contribution is -0.121. The predicted molar refractivity (Wildman–Crippen MR) is 96.5 cm³/mol. The monoisotopic (exact) mass is 364 g/mol. The van der Waals surface area contributed by atoms with E-state index >= 15 is 0 Å². The second kappa shape index (κ2) is 8.71. The Morgan fingerprint density at radius 3 is 2.38 bits per heavy atom. The molecule has 24 heavy (non-hydrogen) atoms. The average Bonchev–Trinajstić information content (AvgIpc) is 2.59. The molecule has 0 saturated heterocycles. The number of amides is 2. The van der Waals surface area contributed by atoms with Gasteiger partial charge in [0.2, 0.25) is 5.91 Å². The summed E-state index contributed by atoms with van der Waals surface area (Å²) in [5.41, 5.74) is 2.41. The van der Waals surface area contributed by atoms with Gasteiger partial charge in [-0.3, -0.25) is 9.59 Å². The van der Waals surface area contributed by atoms with Gasteiger partial charge in [-0.15, -0.1) is 0 Å². The van der Waals surface area contributed by atoms with Crippen molar-refractivity contribution < 1.29 is 9.59 Å². The standard InChI is InChI=1S/C18H18Cl2N2O2/c1-21-18(24)14-4-2-12(3-5-14)11-22-17(23)9-7-13-6-8-15(19)10-16(13)20/h2-6,8,10H,7,9,11H2,1H3,(H,21,24)(H,22,23). The fraction of sp³-hybridized carbons (Fsp3) is 0.222. The molecule has 0 atom stereocenters. The molecule has 126 valence electrons. The van der Waals surface area contributed by atoms with Gasteiger partial charge in [-0.25, -0.2) is 0 Å². The zero-order valence-corrected chi connectivity index (χ0v) is 14.7. The summed E-state index contributed by atoms with van der Waals surface area (Å²) in [4.78, 5) is 23.4. The molecule has 0 aliphatic heterocycles. The molecular formula is C18H18Cl2N2O2. The third kappa shape index (κ3) is 5.25. The molecule has 2 amide bonds. The minimum absolute atomic E-state index is 0.0589. The Hall–Kier alpha value is -2.04. The van der Waals surface area contributed by atoms with Crippen LogP contribution in [0, 0.1) is 0 Å². The fourth-order valence-electron chi connectivity index (χ4n) is 2.18. The van der Waals surface area contributed by atoms with E-state index in [1.54, 1.807) is 31.3 Å². The van der Waals surface area contributed by atoms with E-state index in [2.05, 4.69) is 10.6 Å². The lowest BCUT2D eigenvalue weighted by Crippen LogP contribution is -2.23. The molecule has 0 saturated carbocycles. The maximum Gasteiger partial charge on any atom is 0.251 e. The van der Waals surface area contributed by atoms with Gasteiger partial charge in [0.25, 0.3) is 5.91 Å². The molecule has 2 aromatic rings. The number of aryl methyl sites for hydroxylation is 1. The first kappa shape index (κ1) is 18.3. The Morgan fingerprint density at radius 1 is 1.04 bits per heavy atom. The first-order valence-corrected chi connectivity index (χ1v) is 8.27. The molecule has 0 radical (unpaired) electrons. The molecule has 0 aliphatic rings. The maximum absolute atomic E-state index is 11.9. The first-order valence-electron chi connectivity index (χ1n) is 7.51. The van der Waals surface area contributed by atoms with Crippen LogP contribution >= 0.6 is 23.2 Å². The van der Waals surface area contributed by atoms with E-state index in [0.29, 0.717) is 35.0 Å². The molecule has 2 aromatic carbocycles. The Bertz CT molecular complexity index is 730. The van der Waals surface area contributed by atoms with Gasteiger partial charge < -0.3 is 10.6 Å². The van der Waals surface area contributed by atoms with Gasteiger partial charge >= 0.3 is 0 Å². The van der Waals surface area contributed by atoms with E-state index < -0.39 is 0 Å². The van der Waals surface area contributed by atoms with Crippen molar-refractivity contribution in [3.63, 3.8) is 0 Å². The summed E-state index contributed by atoms with van der Waals surface area (Å²) in [6.07, 6.45) is 0.898. The summed E-state index contributed by atoms with van der Waals surface area (Å²) < 4.78 is 0. The van der Waals surface area contributed by atoms with E-state index in [-0.39, 0.29) is 11.8 Å². The number of hydrogen-bond donors (Lipinski definition) is 2. The normalized spacial score (nSPS) is 10.3. The van der Waals surface area contributed by atoms with Crippen LogP contribution in [0.5, 0.6) is 0 Å². The average molecular weight is 365 g/mol. The quantitative estimate of drug-likeness (QED) is 0.822. The van der Waals surface area contributed by atoms with Crippen molar-refractivity contribution in [2.24, 2.45) is 0 Å². The van der Waals surface area contributed by atoms with Gasteiger partial charge in [-0.05, 0) is 41.8 Å². The summed E-state index contributed by atoms with van der Waals surface area (Å²) in [6, 6.07) is 12.4. The van der Waals surface area contributed by atoms with Gasteiger partial charge in [0.05, 0.1) is 0 Å². The van der Waals surface area contributed by atoms with Crippen LogP contribution in [0.25, 0.3) is 0 Å². The van der Waals surface area contributed by atoms with Crippen molar-refractivity contribution in [2.45, 2.75) is 19.4 Å². The van der Waals surface area contributed by atoms with Crippen molar-refractivity contribution in [3.8, 4) is 0 Å². The minimum Gasteiger partial charge on any atom is -0.355 e. The largest absolute Gasteiger partial charge is 0.355 e. The van der Waals surface area contributed by atoms with Gasteiger partial charge in [0.1, 0.15) is 0 Å². The summed E-state index contributed by atoms with van der Waals surface area (Å²) in [5.74, 6) is -0.193. The predicted octanol–water partition coefficient (Wildman–Crippen LogP) is 3.60. The fourth-order valence-corrected chi connectivity index (χ4v) is 2.68. The van der Waals surface area contributed by atoms with Gasteiger partial charge in [0.15, 0.2) is 0 Å². The number of carbonyl (C=O) groups excluding carboxylic acids is 2. The van der Waals surface area contributed by atoms with Crippen LogP contribution in [0.3, 0.4) is 0 Å². The minimum atomic E-state index is -0.134. The van der Waals surface area contributed by atoms with Crippen molar-refractivity contribution in [3.05, 3.63) is 69.2 Å². The Kier molecular flexibility index (Phi) is 6.64. The van der Waals surface area contributed by atoms with Gasteiger partial charge in [-0.1, -0.05) is 41.4 Å². The van der Waals surface area contributed by atoms with Crippen LogP contribution in [-0.2, 0) is 17.8 Å². The third-order valence-electron chi connectivity index (χ3n) is 3.57. The van der Waals surface area contributed by atoms with Crippen LogP contribution < -0.4 is 10.6 Å². The smallest absolute Gasteiger partial charge is 0.251 e. The van der Waals surface area contributed by atoms with E-state index in [0.717, 1.165) is 11.1 Å². The number of nitrogens with one attached hydrogen (secondary N) is 2. The molecule has 0 aromatic heterocycles. The van der Waals surface area contributed by atoms with Crippen LogP contribution in [0.2, 0.25) is 10.0 Å². The zero-order valence-electron chi connectivity index (χ0n) is 13.2. The molecule has 4 nitrogen and oxygen atoms in total. The molecule has 0 unspecified atom stereocenters. The highest BCUT2D eigenvalue weighted by molar-refractivity contribution is 6.35. The zero-order chi connectivity index (χ0) is 17.5. The van der Waals surface area contributed by atoms with Crippen molar-refractivity contribution >= 4 is 35.0 Å². The van der Waals surface area contributed by atoms with E-state index in [1.807, 2.05) is 18.2 Å². The molecule has 0 spiro atoms. The highest BCUT2D eigenvalue weighted by atomic mass is 35.5. The summed E-state index contributed by atoms with van der Waals surface area (Å²) in [7, 11) is 1.59. The summed E-state index contributed by atoms with van der Waals surface area (Å²) in [5, 5.41) is 6.56. The first-order chi connectivity index (χ1) is 11.5. The van der Waals surface area contributed by atoms with E-state index in [9.17, 15) is 9.59 Å². The number of carbonyl (C=O) groups is 2. The SMILES string of the molecule is CNC(=O)c1ccc(CNC(=O)CCc2ccc(Cl)cc2Cl)cc1. The lowest BCUT2D eigenvalue weighted by Gasteiger charge is -2.07. The van der Waals surface area contributed by atoms with E-state index in [1.165, 1.54) is 0 Å². The molecule has 0 bridgehead atoms. The molecule has 0 heterocycles. The highest BCUT2D eigenvalue weighted by Crippen LogP contribution is 2.22. The van der Waals surface area contributed by atoms with Crippen LogP contribution in [-0.4, -0.2) is 18.9 Å². The second-order valence-corrected chi connectivity index (χ2v) is 6.13. The Labute approximate surface area is 151 Å². The molecular weight excluding hydrogens is 347 g/mol. The molecule has 2 N–H and O–H groups in total. The summed E-state index contributed by atoms with van der Waals surface area (Å²) in [6.45, 7) is 0.418. The van der Waals surface area contributed by atoms with Crippen LogP contribution in [0.15, 0.2) is 42.5 Å². The van der Waals surface area contributed by atoms with Crippen molar-refractivity contribution in [2.75, 3.05) is 7.05 Å². The number of hydrogen-bond acceptors (Lipinski definition) is 2. The van der Waals surface area contributed by atoms with Gasteiger partial charge in [-0.2, -0.15) is 0 Å². The molecule has 6 heteroatoms. The maximum atomic E-state index is 11.9. The van der Waals surface area contributed by atoms with Gasteiger partial charge in [0, 0.05) is 35.6 Å². The lowest BCUT2D eigenvalue weighted by atomic mass is 10.1. The summed E-state index contributed by atoms with van der Waals surface area (Å²) >= 11 is 11.9. The van der Waals surface area contributed by atoms with Crippen LogP contribution in [0.4, 0.5) is 0 Å². The number of benzene rings is 2. The third-order valence-corrected chi connectivity index (χ3v) is 4.16. The highest BCUT2D eigenvalue weighted by Gasteiger charge is 2.07. The van der Waals surface area contributed by atoms with Crippen molar-refractivity contribution in [1.82, 2.24) is 10.6 Å². The van der Waals surface area contributed by atoms with Crippen molar-refractivity contribution in [1.29, 1.82) is 0 Å². The molecule has 2 rings (SSSR count). The topological polar surface area (TPSA) is 58.2 Å². The molecule has 0 fully saturated rings. The van der Waals surface area contributed by atoms with Crippen LogP contribution in [0.1, 0.15) is 27.9 Å².